The smallest absolute Gasteiger partial charge is 0.254 e. The van der Waals surface area contributed by atoms with Crippen molar-refractivity contribution in [2.75, 3.05) is 6.54 Å². The molecule has 0 fully saturated rings. The summed E-state index contributed by atoms with van der Waals surface area (Å²) in [6.45, 7) is 0.427. The van der Waals surface area contributed by atoms with E-state index in [1.165, 1.54) is 40.1 Å². The van der Waals surface area contributed by atoms with E-state index in [1.54, 1.807) is 0 Å². The molecule has 0 radical (unpaired) electrons. The lowest BCUT2D eigenvalue weighted by atomic mass is 10.1. The first-order chi connectivity index (χ1) is 12.6. The molecule has 0 saturated carbocycles. The molecule has 0 unspecified atom stereocenters. The van der Waals surface area contributed by atoms with E-state index in [0.717, 1.165) is 5.56 Å². The zero-order valence-electron chi connectivity index (χ0n) is 13.9. The summed E-state index contributed by atoms with van der Waals surface area (Å²) >= 11 is 0. The molecule has 1 amide bonds. The minimum Gasteiger partial charge on any atom is -0.353 e. The van der Waals surface area contributed by atoms with Crippen LogP contribution in [0.5, 0.6) is 0 Å². The number of carbonyl (C=O) groups excluding carboxylic acids is 1. The highest BCUT2D eigenvalue weighted by atomic mass is 16.2. The number of aromatic nitrogens is 4. The lowest BCUT2D eigenvalue weighted by Crippen LogP contribution is -2.35. The van der Waals surface area contributed by atoms with E-state index >= 15 is 0 Å². The summed E-state index contributed by atoms with van der Waals surface area (Å²) in [7, 11) is 0. The van der Waals surface area contributed by atoms with Crippen LogP contribution in [0.1, 0.15) is 0 Å². The Labute approximate surface area is 148 Å². The van der Waals surface area contributed by atoms with Gasteiger partial charge >= 0.3 is 0 Å². The molecule has 0 aliphatic carbocycles. The Morgan fingerprint density at radius 3 is 2.54 bits per heavy atom. The average Bonchev–Trinajstić information content (AvgIpc) is 2.66. The molecule has 0 atom stereocenters. The van der Waals surface area contributed by atoms with Crippen LogP contribution in [-0.4, -0.2) is 31.6 Å². The Bertz CT molecular complexity index is 1010. The molecule has 0 saturated heterocycles. The fourth-order valence-electron chi connectivity index (χ4n) is 2.38. The molecule has 26 heavy (non-hydrogen) atoms. The number of nitrogens with zero attached hydrogens (tertiary/aromatic N) is 4. The molecule has 0 aliphatic heterocycles. The number of amides is 1. The monoisotopic (exact) mass is 351 g/mol. The summed E-state index contributed by atoms with van der Waals surface area (Å²) in [5.74, 6) is -0.335. The molecule has 3 aromatic rings. The van der Waals surface area contributed by atoms with Crippen LogP contribution in [0.3, 0.4) is 0 Å². The van der Waals surface area contributed by atoms with E-state index in [0.29, 0.717) is 12.2 Å². The molecular weight excluding hydrogens is 334 g/mol. The molecule has 0 spiro atoms. The Balaban J connectivity index is 1.58. The molecule has 8 nitrogen and oxygen atoms in total. The highest BCUT2D eigenvalue weighted by Gasteiger charge is 2.07. The molecule has 8 heteroatoms. The van der Waals surface area contributed by atoms with Gasteiger partial charge in [0.2, 0.25) is 5.91 Å². The van der Waals surface area contributed by atoms with Crippen LogP contribution in [0.25, 0.3) is 11.3 Å². The number of nitrogens with one attached hydrogen (secondary N) is 1. The average molecular weight is 351 g/mol. The van der Waals surface area contributed by atoms with Crippen molar-refractivity contribution in [1.29, 1.82) is 0 Å². The molecule has 132 valence electrons. The van der Waals surface area contributed by atoms with Crippen LogP contribution in [0, 0.1) is 0 Å². The van der Waals surface area contributed by atoms with E-state index in [2.05, 4.69) is 15.3 Å². The van der Waals surface area contributed by atoms with Crippen LogP contribution in [0.4, 0.5) is 0 Å². The highest BCUT2D eigenvalue weighted by molar-refractivity contribution is 5.75. The second kappa shape index (κ2) is 8.02. The van der Waals surface area contributed by atoms with Gasteiger partial charge in [0.1, 0.15) is 6.54 Å². The second-order valence-corrected chi connectivity index (χ2v) is 5.57. The van der Waals surface area contributed by atoms with Crippen LogP contribution >= 0.6 is 0 Å². The SMILES string of the molecule is O=C(Cn1cnc(-c2ccccc2)cc1=O)NCCn1cnccc1=O. The van der Waals surface area contributed by atoms with Gasteiger partial charge in [-0.1, -0.05) is 30.3 Å². The lowest BCUT2D eigenvalue weighted by Gasteiger charge is -2.09. The number of benzene rings is 1. The maximum absolute atomic E-state index is 12.2. The van der Waals surface area contributed by atoms with Gasteiger partial charge in [0.15, 0.2) is 0 Å². The van der Waals surface area contributed by atoms with Gasteiger partial charge in [-0.2, -0.15) is 0 Å². The largest absolute Gasteiger partial charge is 0.353 e. The fraction of sp³-hybridized carbons (Fsp3) is 0.167. The van der Waals surface area contributed by atoms with E-state index in [9.17, 15) is 14.4 Å². The third-order valence-electron chi connectivity index (χ3n) is 3.73. The molecule has 1 N–H and O–H groups in total. The van der Waals surface area contributed by atoms with Crippen LogP contribution in [-0.2, 0) is 17.9 Å². The third-order valence-corrected chi connectivity index (χ3v) is 3.73. The standard InChI is InChI=1S/C18H17N5O3/c24-16(20-8-9-22-12-19-7-6-17(22)25)11-23-13-21-15(10-18(23)26)14-4-2-1-3-5-14/h1-7,10,12-13H,8-9,11H2,(H,20,24). The van der Waals surface area contributed by atoms with Crippen LogP contribution in [0.2, 0.25) is 0 Å². The Kier molecular flexibility index (Phi) is 5.33. The van der Waals surface area contributed by atoms with Gasteiger partial charge in [0.05, 0.1) is 18.3 Å². The van der Waals surface area contributed by atoms with Crippen molar-refractivity contribution in [3.8, 4) is 11.3 Å². The molecular formula is C18H17N5O3. The number of rotatable bonds is 6. The molecule has 0 aliphatic rings. The zero-order chi connectivity index (χ0) is 18.4. The van der Waals surface area contributed by atoms with E-state index in [4.69, 9.17) is 0 Å². The lowest BCUT2D eigenvalue weighted by molar-refractivity contribution is -0.121. The van der Waals surface area contributed by atoms with Gasteiger partial charge in [-0.05, 0) is 0 Å². The first-order valence-electron chi connectivity index (χ1n) is 8.02. The maximum atomic E-state index is 12.2. The van der Waals surface area contributed by atoms with Gasteiger partial charge in [-0.15, -0.1) is 0 Å². The van der Waals surface area contributed by atoms with Gasteiger partial charge in [0.25, 0.3) is 11.1 Å². The molecule has 0 bridgehead atoms. The van der Waals surface area contributed by atoms with Gasteiger partial charge in [-0.25, -0.2) is 9.97 Å². The topological polar surface area (TPSA) is 98.9 Å². The Morgan fingerprint density at radius 2 is 1.81 bits per heavy atom. The summed E-state index contributed by atoms with van der Waals surface area (Å²) in [5, 5.41) is 2.67. The molecule has 2 aromatic heterocycles. The number of hydrogen-bond acceptors (Lipinski definition) is 5. The normalized spacial score (nSPS) is 10.5. The minimum atomic E-state index is -0.335. The van der Waals surface area contributed by atoms with Crippen molar-refractivity contribution < 1.29 is 4.79 Å². The highest BCUT2D eigenvalue weighted by Crippen LogP contribution is 2.13. The van der Waals surface area contributed by atoms with Crippen LogP contribution in [0.15, 0.2) is 70.9 Å². The summed E-state index contributed by atoms with van der Waals surface area (Å²) in [5.41, 5.74) is 0.898. The van der Waals surface area contributed by atoms with Crippen molar-refractivity contribution in [2.24, 2.45) is 0 Å². The molecule has 1 aromatic carbocycles. The Morgan fingerprint density at radius 1 is 1.00 bits per heavy atom. The zero-order valence-corrected chi connectivity index (χ0v) is 13.9. The predicted molar refractivity (Wildman–Crippen MR) is 95.4 cm³/mol. The predicted octanol–water partition coefficient (Wildman–Crippen LogP) is 0.283. The summed E-state index contributed by atoms with van der Waals surface area (Å²) in [6, 6.07) is 12.1. The van der Waals surface area contributed by atoms with Crippen molar-refractivity contribution in [2.45, 2.75) is 13.1 Å². The van der Waals surface area contributed by atoms with Gasteiger partial charge < -0.3 is 5.32 Å². The maximum Gasteiger partial charge on any atom is 0.254 e. The quantitative estimate of drug-likeness (QED) is 0.688. The molecule has 2 heterocycles. The van der Waals surface area contributed by atoms with Gasteiger partial charge in [-0.3, -0.25) is 23.5 Å². The number of carbonyl (C=O) groups is 1. The van der Waals surface area contributed by atoms with Gasteiger partial charge in [0, 0.05) is 37.0 Å². The van der Waals surface area contributed by atoms with Crippen molar-refractivity contribution in [3.63, 3.8) is 0 Å². The summed E-state index contributed by atoms with van der Waals surface area (Å²) in [6.07, 6.45) is 4.18. The minimum absolute atomic E-state index is 0.136. The van der Waals surface area contributed by atoms with E-state index in [1.807, 2.05) is 30.3 Å². The fourth-order valence-corrected chi connectivity index (χ4v) is 2.38. The second-order valence-electron chi connectivity index (χ2n) is 5.57. The molecule has 3 rings (SSSR count). The number of hydrogen-bond donors (Lipinski definition) is 1. The van der Waals surface area contributed by atoms with Crippen LogP contribution < -0.4 is 16.4 Å². The van der Waals surface area contributed by atoms with Crippen molar-refractivity contribution in [3.05, 3.63) is 82.0 Å². The summed E-state index contributed by atoms with van der Waals surface area (Å²) in [4.78, 5) is 43.8. The first kappa shape index (κ1) is 17.3. The van der Waals surface area contributed by atoms with Crippen molar-refractivity contribution >= 4 is 5.91 Å². The van der Waals surface area contributed by atoms with E-state index < -0.39 is 0 Å². The van der Waals surface area contributed by atoms with E-state index in [-0.39, 0.29) is 30.1 Å². The Hall–Kier alpha value is -3.55. The third kappa shape index (κ3) is 4.29. The van der Waals surface area contributed by atoms with Crippen molar-refractivity contribution in [1.82, 2.24) is 24.4 Å². The summed E-state index contributed by atoms with van der Waals surface area (Å²) < 4.78 is 2.63. The first-order valence-corrected chi connectivity index (χ1v) is 8.02.